The van der Waals surface area contributed by atoms with Gasteiger partial charge in [0.05, 0.1) is 11.3 Å². The average Bonchev–Trinajstić information content (AvgIpc) is 3.18. The molecule has 1 aromatic heterocycles. The predicted octanol–water partition coefficient (Wildman–Crippen LogP) is 4.56. The molecule has 0 aliphatic carbocycles. The Hall–Kier alpha value is -3.64. The number of benzene rings is 2. The van der Waals surface area contributed by atoms with Crippen molar-refractivity contribution in [1.29, 1.82) is 5.41 Å². The average molecular weight is 541 g/mol. The van der Waals surface area contributed by atoms with Gasteiger partial charge < -0.3 is 21.7 Å². The van der Waals surface area contributed by atoms with E-state index in [9.17, 15) is 22.8 Å². The second-order valence-corrected chi connectivity index (χ2v) is 8.59. The van der Waals surface area contributed by atoms with Gasteiger partial charge in [0.25, 0.3) is 5.91 Å². The zero-order chi connectivity index (χ0) is 25.6. The maximum atomic E-state index is 12.8. The summed E-state index contributed by atoms with van der Waals surface area (Å²) < 4.78 is 38.2. The molecular weight excluding hydrogens is 517 g/mol. The molecule has 6 N–H and O–H groups in total. The van der Waals surface area contributed by atoms with Crippen LogP contribution in [0.3, 0.4) is 0 Å². The standard InChI is InChI=1S/C23H23F3N6O2S.ClH/c1-13(33)30-22-32-18(11-6-14-4-9-17(10-5-14)31-21(27)28)19(35-22)20(34)29-12-15-2-7-16(8-3-15)23(24,25)26;/h2-5,7-10H,6,11-12H2,1H3,(H,29,34)(H4,27,28,31)(H,30,32,33);1H. The summed E-state index contributed by atoms with van der Waals surface area (Å²) in [6.07, 6.45) is -3.45. The van der Waals surface area contributed by atoms with Crippen molar-refractivity contribution in [2.75, 3.05) is 10.6 Å². The Morgan fingerprint density at radius 2 is 1.61 bits per heavy atom. The number of hydrogen-bond acceptors (Lipinski definition) is 5. The Bertz CT molecular complexity index is 1210. The molecule has 0 bridgehead atoms. The first-order chi connectivity index (χ1) is 16.5. The number of carbonyl (C=O) groups excluding carboxylic acids is 2. The molecule has 2 amide bonds. The number of nitrogens with two attached hydrogens (primary N) is 1. The molecule has 8 nitrogen and oxygen atoms in total. The zero-order valence-electron chi connectivity index (χ0n) is 19.0. The number of nitrogens with zero attached hydrogens (tertiary/aromatic N) is 1. The quantitative estimate of drug-likeness (QED) is 0.211. The number of aromatic nitrogens is 1. The molecule has 0 radical (unpaired) electrons. The zero-order valence-corrected chi connectivity index (χ0v) is 20.7. The van der Waals surface area contributed by atoms with Crippen molar-refractivity contribution in [3.05, 3.63) is 75.8 Å². The predicted molar refractivity (Wildman–Crippen MR) is 136 cm³/mol. The fraction of sp³-hybridized carbons (Fsp3) is 0.217. The Labute approximate surface area is 215 Å². The number of rotatable bonds is 8. The molecule has 13 heteroatoms. The van der Waals surface area contributed by atoms with Crippen molar-refractivity contribution < 1.29 is 22.8 Å². The normalized spacial score (nSPS) is 10.8. The lowest BCUT2D eigenvalue weighted by Crippen LogP contribution is -2.23. The van der Waals surface area contributed by atoms with Crippen LogP contribution in [0.4, 0.5) is 24.0 Å². The highest BCUT2D eigenvalue weighted by Gasteiger charge is 2.30. The van der Waals surface area contributed by atoms with Crippen LogP contribution in [-0.2, 0) is 30.4 Å². The van der Waals surface area contributed by atoms with Crippen LogP contribution in [0.1, 0.15) is 39.0 Å². The summed E-state index contributed by atoms with van der Waals surface area (Å²) in [4.78, 5) is 29.0. The van der Waals surface area contributed by atoms with Gasteiger partial charge >= 0.3 is 6.18 Å². The highest BCUT2D eigenvalue weighted by atomic mass is 35.5. The number of amides is 2. The number of hydrogen-bond donors (Lipinski definition) is 5. The van der Waals surface area contributed by atoms with E-state index in [0.717, 1.165) is 29.0 Å². The van der Waals surface area contributed by atoms with Gasteiger partial charge in [-0.1, -0.05) is 35.6 Å². The van der Waals surface area contributed by atoms with E-state index in [4.69, 9.17) is 11.1 Å². The van der Waals surface area contributed by atoms with Crippen LogP contribution >= 0.6 is 23.7 Å². The van der Waals surface area contributed by atoms with Gasteiger partial charge in [-0.3, -0.25) is 15.0 Å². The van der Waals surface area contributed by atoms with Crippen LogP contribution in [-0.4, -0.2) is 22.8 Å². The van der Waals surface area contributed by atoms with E-state index in [1.807, 2.05) is 12.1 Å². The summed E-state index contributed by atoms with van der Waals surface area (Å²) in [5.74, 6) is -0.928. The van der Waals surface area contributed by atoms with Gasteiger partial charge in [-0.05, 0) is 48.2 Å². The minimum atomic E-state index is -4.43. The van der Waals surface area contributed by atoms with Crippen LogP contribution in [0.5, 0.6) is 0 Å². The number of aryl methyl sites for hydroxylation is 2. The molecule has 0 unspecified atom stereocenters. The molecule has 3 rings (SSSR count). The summed E-state index contributed by atoms with van der Waals surface area (Å²) in [6.45, 7) is 1.37. The lowest BCUT2D eigenvalue weighted by atomic mass is 10.1. The third-order valence-corrected chi connectivity index (χ3v) is 5.82. The topological polar surface area (TPSA) is 133 Å². The third-order valence-electron chi connectivity index (χ3n) is 4.80. The van der Waals surface area contributed by atoms with Gasteiger partial charge in [0.15, 0.2) is 11.1 Å². The van der Waals surface area contributed by atoms with Crippen LogP contribution in [0.25, 0.3) is 0 Å². The minimum Gasteiger partial charge on any atom is -0.370 e. The third kappa shape index (κ3) is 8.24. The van der Waals surface area contributed by atoms with Gasteiger partial charge in [-0.25, -0.2) is 4.98 Å². The molecule has 0 spiro atoms. The molecule has 0 fully saturated rings. The van der Waals surface area contributed by atoms with Crippen molar-refractivity contribution in [2.45, 2.75) is 32.5 Å². The maximum absolute atomic E-state index is 12.8. The Kier molecular flexibility index (Phi) is 9.82. The Morgan fingerprint density at radius 3 is 2.17 bits per heavy atom. The molecule has 0 atom stereocenters. The molecule has 0 aliphatic heterocycles. The number of carbonyl (C=O) groups is 2. The summed E-state index contributed by atoms with van der Waals surface area (Å²) in [5, 5.41) is 15.5. The van der Waals surface area contributed by atoms with E-state index in [0.29, 0.717) is 34.7 Å². The highest BCUT2D eigenvalue weighted by Crippen LogP contribution is 2.29. The molecule has 3 aromatic rings. The van der Waals surface area contributed by atoms with E-state index >= 15 is 0 Å². The number of thiazole rings is 1. The second-order valence-electron chi connectivity index (χ2n) is 7.59. The maximum Gasteiger partial charge on any atom is 0.416 e. The van der Waals surface area contributed by atoms with Gasteiger partial charge in [0.1, 0.15) is 4.88 Å². The minimum absolute atomic E-state index is 0. The summed E-state index contributed by atoms with van der Waals surface area (Å²) in [6, 6.07) is 11.8. The van der Waals surface area contributed by atoms with Crippen molar-refractivity contribution in [3.8, 4) is 0 Å². The number of alkyl halides is 3. The Morgan fingerprint density at radius 1 is 1.00 bits per heavy atom. The highest BCUT2D eigenvalue weighted by molar-refractivity contribution is 7.17. The van der Waals surface area contributed by atoms with Crippen molar-refractivity contribution in [3.63, 3.8) is 0 Å². The molecule has 192 valence electrons. The lowest BCUT2D eigenvalue weighted by Gasteiger charge is -2.09. The first-order valence-corrected chi connectivity index (χ1v) is 11.2. The summed E-state index contributed by atoms with van der Waals surface area (Å²) >= 11 is 1.03. The molecule has 0 saturated carbocycles. The van der Waals surface area contributed by atoms with Gasteiger partial charge in [-0.2, -0.15) is 13.2 Å². The number of nitrogens with one attached hydrogen (secondary N) is 4. The van der Waals surface area contributed by atoms with Crippen LogP contribution in [0.15, 0.2) is 48.5 Å². The summed E-state index contributed by atoms with van der Waals surface area (Å²) in [7, 11) is 0. The van der Waals surface area contributed by atoms with E-state index in [1.54, 1.807) is 12.1 Å². The van der Waals surface area contributed by atoms with Gasteiger partial charge in [-0.15, -0.1) is 12.4 Å². The van der Waals surface area contributed by atoms with Crippen molar-refractivity contribution in [2.24, 2.45) is 5.73 Å². The molecule has 2 aromatic carbocycles. The first kappa shape index (κ1) is 28.6. The van der Waals surface area contributed by atoms with E-state index in [1.165, 1.54) is 19.1 Å². The largest absolute Gasteiger partial charge is 0.416 e. The van der Waals surface area contributed by atoms with Crippen molar-refractivity contribution in [1.82, 2.24) is 10.3 Å². The molecule has 36 heavy (non-hydrogen) atoms. The van der Waals surface area contributed by atoms with Crippen LogP contribution < -0.4 is 21.7 Å². The van der Waals surface area contributed by atoms with Crippen LogP contribution in [0, 0.1) is 5.41 Å². The fourth-order valence-electron chi connectivity index (χ4n) is 3.15. The fourth-order valence-corrected chi connectivity index (χ4v) is 4.12. The van der Waals surface area contributed by atoms with Gasteiger partial charge in [0.2, 0.25) is 5.91 Å². The smallest absolute Gasteiger partial charge is 0.370 e. The van der Waals surface area contributed by atoms with E-state index in [2.05, 4.69) is 20.9 Å². The van der Waals surface area contributed by atoms with Crippen LogP contribution in [0.2, 0.25) is 0 Å². The van der Waals surface area contributed by atoms with E-state index < -0.39 is 17.6 Å². The number of halogens is 4. The molecular formula is C23H24ClF3N6O2S. The van der Waals surface area contributed by atoms with E-state index in [-0.39, 0.29) is 36.0 Å². The Balaban J connectivity index is 0.00000456. The molecule has 0 aliphatic rings. The number of anilines is 2. The SMILES string of the molecule is CC(=O)Nc1nc(CCc2ccc(NC(=N)N)cc2)c(C(=O)NCc2ccc(C(F)(F)F)cc2)s1.Cl. The number of guanidine groups is 1. The van der Waals surface area contributed by atoms with Crippen molar-refractivity contribution >= 4 is 52.3 Å². The molecule has 1 heterocycles. The molecule has 0 saturated heterocycles. The van der Waals surface area contributed by atoms with Gasteiger partial charge in [0, 0.05) is 19.2 Å². The monoisotopic (exact) mass is 540 g/mol. The first-order valence-electron chi connectivity index (χ1n) is 10.4. The lowest BCUT2D eigenvalue weighted by molar-refractivity contribution is -0.137. The summed E-state index contributed by atoms with van der Waals surface area (Å²) in [5.41, 5.74) is 7.20. The second kappa shape index (κ2) is 12.4.